The number of rotatable bonds is 16. The van der Waals surface area contributed by atoms with E-state index in [-0.39, 0.29) is 18.1 Å². The molecule has 2 aromatic rings. The number of amides is 1. The van der Waals surface area contributed by atoms with Gasteiger partial charge in [0.25, 0.3) is 5.91 Å². The van der Waals surface area contributed by atoms with E-state index < -0.39 is 16.9 Å². The van der Waals surface area contributed by atoms with Crippen LogP contribution in [0.3, 0.4) is 0 Å². The van der Waals surface area contributed by atoms with E-state index in [9.17, 15) is 9.00 Å². The Bertz CT molecular complexity index is 1090. The molecule has 1 amide bonds. The molecular weight excluding hydrogens is 482 g/mol. The molecule has 1 atom stereocenters. The molecule has 36 heavy (non-hydrogen) atoms. The summed E-state index contributed by atoms with van der Waals surface area (Å²) < 4.78 is 30.6. The molecule has 10 nitrogen and oxygen atoms in total. The van der Waals surface area contributed by atoms with E-state index in [0.29, 0.717) is 60.5 Å². The maximum absolute atomic E-state index is 12.9. The quantitative estimate of drug-likeness (QED) is 0.229. The van der Waals surface area contributed by atoms with Crippen LogP contribution in [0, 0.1) is 0 Å². The third kappa shape index (κ3) is 9.44. The number of nitrogen functional groups attached to an aromatic ring is 1. The second-order valence-electron chi connectivity index (χ2n) is 7.26. The van der Waals surface area contributed by atoms with Crippen molar-refractivity contribution >= 4 is 22.7 Å². The van der Waals surface area contributed by atoms with E-state index >= 15 is 0 Å². The Hall–Kier alpha value is -3.22. The third-order valence-corrected chi connectivity index (χ3v) is 5.71. The van der Waals surface area contributed by atoms with Crippen molar-refractivity contribution in [2.45, 2.75) is 11.8 Å². The largest absolute Gasteiger partial charge is 0.382 e. The molecule has 1 heterocycles. The lowest BCUT2D eigenvalue weighted by Gasteiger charge is -2.10. The summed E-state index contributed by atoms with van der Waals surface area (Å²) in [5, 5.41) is 2.71. The van der Waals surface area contributed by atoms with Crippen molar-refractivity contribution < 1.29 is 23.2 Å². The monoisotopic (exact) mass is 515 g/mol. The Labute approximate surface area is 214 Å². The Morgan fingerprint density at radius 2 is 1.81 bits per heavy atom. The van der Waals surface area contributed by atoms with Crippen LogP contribution in [-0.4, -0.2) is 66.8 Å². The van der Waals surface area contributed by atoms with E-state index in [0.717, 1.165) is 0 Å². The predicted octanol–water partition coefficient (Wildman–Crippen LogP) is 2.39. The molecule has 0 aliphatic heterocycles. The fraction of sp³-hybridized carbons (Fsp3) is 0.320. The van der Waals surface area contributed by atoms with Crippen LogP contribution in [0.1, 0.15) is 17.4 Å². The van der Waals surface area contributed by atoms with Crippen LogP contribution >= 0.6 is 0 Å². The molecule has 2 rings (SSSR count). The molecule has 0 saturated heterocycles. The van der Waals surface area contributed by atoms with E-state index in [1.165, 1.54) is 12.3 Å². The lowest BCUT2D eigenvalue weighted by molar-refractivity contribution is 0.0215. The van der Waals surface area contributed by atoms with Crippen LogP contribution < -0.4 is 15.8 Å². The highest BCUT2D eigenvalue weighted by Crippen LogP contribution is 2.20. The number of hydrogen-bond donors (Lipinski definition) is 3. The number of nitrogens with zero attached hydrogens (tertiary/aromatic N) is 2. The number of nitrogens with one attached hydrogen (secondary N) is 2. The molecule has 194 valence electrons. The molecule has 0 aliphatic carbocycles. The van der Waals surface area contributed by atoms with Crippen molar-refractivity contribution in [3.8, 4) is 11.3 Å². The summed E-state index contributed by atoms with van der Waals surface area (Å²) in [6.07, 6.45) is 4.60. The summed E-state index contributed by atoms with van der Waals surface area (Å²) in [6.45, 7) is 12.4. The van der Waals surface area contributed by atoms with E-state index in [2.05, 4.69) is 33.2 Å². The normalized spacial score (nSPS) is 12.2. The van der Waals surface area contributed by atoms with Crippen molar-refractivity contribution in [3.05, 3.63) is 72.7 Å². The first-order valence-electron chi connectivity index (χ1n) is 11.3. The zero-order valence-corrected chi connectivity index (χ0v) is 21.4. The van der Waals surface area contributed by atoms with Gasteiger partial charge in [-0.1, -0.05) is 25.3 Å². The molecular formula is C25H33N5O5S. The highest BCUT2D eigenvalue weighted by molar-refractivity contribution is 7.83. The van der Waals surface area contributed by atoms with Gasteiger partial charge >= 0.3 is 0 Å². The van der Waals surface area contributed by atoms with Gasteiger partial charge in [0.15, 0.2) is 11.5 Å². The molecule has 0 saturated carbocycles. The van der Waals surface area contributed by atoms with E-state index in [1.54, 1.807) is 37.4 Å². The van der Waals surface area contributed by atoms with Crippen LogP contribution in [0.25, 0.3) is 11.3 Å². The Balaban J connectivity index is 1.97. The topological polar surface area (TPSA) is 138 Å². The first-order chi connectivity index (χ1) is 17.4. The van der Waals surface area contributed by atoms with Gasteiger partial charge in [-0.05, 0) is 43.8 Å². The van der Waals surface area contributed by atoms with Crippen LogP contribution in [0.5, 0.6) is 0 Å². The predicted molar refractivity (Wildman–Crippen MR) is 140 cm³/mol. The summed E-state index contributed by atoms with van der Waals surface area (Å²) in [4.78, 5) is 22.0. The molecule has 1 unspecified atom stereocenters. The summed E-state index contributed by atoms with van der Waals surface area (Å²) in [7, 11) is 0.306. The van der Waals surface area contributed by atoms with Gasteiger partial charge in [-0.25, -0.2) is 18.9 Å². The van der Waals surface area contributed by atoms with Crippen LogP contribution in [0.15, 0.2) is 71.9 Å². The van der Waals surface area contributed by atoms with Crippen molar-refractivity contribution in [3.63, 3.8) is 0 Å². The number of nitrogens with two attached hydrogens (primary N) is 1. The Morgan fingerprint density at radius 1 is 1.14 bits per heavy atom. The zero-order valence-electron chi connectivity index (χ0n) is 20.6. The Morgan fingerprint density at radius 3 is 2.44 bits per heavy atom. The molecule has 11 heteroatoms. The van der Waals surface area contributed by atoms with Gasteiger partial charge in [-0.15, -0.1) is 0 Å². The summed E-state index contributed by atoms with van der Waals surface area (Å²) >= 11 is 0. The van der Waals surface area contributed by atoms with E-state index in [1.807, 2.05) is 6.92 Å². The summed E-state index contributed by atoms with van der Waals surface area (Å²) in [6, 6.07) is 6.91. The van der Waals surface area contributed by atoms with Crippen LogP contribution in [0.4, 0.5) is 5.82 Å². The average Bonchev–Trinajstić information content (AvgIpc) is 2.89. The number of carbonyl (C=O) groups excluding carboxylic acids is 1. The number of allylic oxidation sites excluding steroid dienone is 1. The highest BCUT2D eigenvalue weighted by Gasteiger charge is 2.16. The smallest absolute Gasteiger partial charge is 0.278 e. The minimum absolute atomic E-state index is 0.0148. The zero-order chi connectivity index (χ0) is 26.3. The molecule has 0 fully saturated rings. The fourth-order valence-electron chi connectivity index (χ4n) is 2.86. The number of carbonyl (C=O) groups is 1. The van der Waals surface area contributed by atoms with Crippen LogP contribution in [0.2, 0.25) is 0 Å². The third-order valence-electron chi connectivity index (χ3n) is 4.64. The number of ether oxygens (including phenoxy) is 3. The maximum Gasteiger partial charge on any atom is 0.278 e. The standard InChI is InChI=1S/C25H33N5O5S/c1-5-20(15-18(3)17-35-14-13-34-12-11-33-6-2)29-25(31)23-24(26)28-16-22(30-23)19-7-9-21(10-8-19)36(32)27-4/h5,7-10,15-16,27H,1,3,6,11-14,17H2,2,4H3,(H2,26,28)(H,29,31)/b20-15+. The second-order valence-corrected chi connectivity index (χ2v) is 8.68. The van der Waals surface area contributed by atoms with Gasteiger partial charge in [0.1, 0.15) is 11.0 Å². The van der Waals surface area contributed by atoms with Gasteiger partial charge in [0.2, 0.25) is 0 Å². The molecule has 0 bridgehead atoms. The molecule has 1 aromatic heterocycles. The lowest BCUT2D eigenvalue weighted by Crippen LogP contribution is -2.25. The minimum atomic E-state index is -1.30. The summed E-state index contributed by atoms with van der Waals surface area (Å²) in [5.74, 6) is -0.559. The van der Waals surface area contributed by atoms with Crippen molar-refractivity contribution in [1.29, 1.82) is 0 Å². The van der Waals surface area contributed by atoms with Crippen molar-refractivity contribution in [2.75, 3.05) is 52.4 Å². The Kier molecular flexibility index (Phi) is 12.7. The average molecular weight is 516 g/mol. The van der Waals surface area contributed by atoms with Crippen molar-refractivity contribution in [1.82, 2.24) is 20.0 Å². The SMILES string of the molecule is C=C/C(=C\C(=C)COCCOCCOCC)NC(=O)c1nc(-c2ccc(S(=O)NC)cc2)cnc1N. The highest BCUT2D eigenvalue weighted by atomic mass is 32.2. The molecule has 0 spiro atoms. The number of anilines is 1. The van der Waals surface area contributed by atoms with E-state index in [4.69, 9.17) is 19.9 Å². The van der Waals surface area contributed by atoms with Crippen LogP contribution in [-0.2, 0) is 25.2 Å². The van der Waals surface area contributed by atoms with Crippen molar-refractivity contribution in [2.24, 2.45) is 0 Å². The molecule has 0 radical (unpaired) electrons. The maximum atomic E-state index is 12.9. The van der Waals surface area contributed by atoms with Gasteiger partial charge in [0.05, 0.1) is 49.8 Å². The van der Waals surface area contributed by atoms with Gasteiger partial charge < -0.3 is 25.3 Å². The number of aromatic nitrogens is 2. The van der Waals surface area contributed by atoms with Gasteiger partial charge in [-0.3, -0.25) is 4.79 Å². The molecule has 4 N–H and O–H groups in total. The van der Waals surface area contributed by atoms with Gasteiger partial charge in [-0.2, -0.15) is 0 Å². The first kappa shape index (κ1) is 29.0. The first-order valence-corrected chi connectivity index (χ1v) is 12.4. The molecule has 1 aromatic carbocycles. The second kappa shape index (κ2) is 15.7. The number of hydrogen-bond acceptors (Lipinski definition) is 8. The van der Waals surface area contributed by atoms with Gasteiger partial charge in [0, 0.05) is 17.9 Å². The minimum Gasteiger partial charge on any atom is -0.382 e. The lowest BCUT2D eigenvalue weighted by atomic mass is 10.1. The fourth-order valence-corrected chi connectivity index (χ4v) is 3.47. The number of benzene rings is 1. The summed E-state index contributed by atoms with van der Waals surface area (Å²) in [5.41, 5.74) is 8.06. The molecule has 0 aliphatic rings.